The van der Waals surface area contributed by atoms with Gasteiger partial charge in [0.25, 0.3) is 0 Å². The van der Waals surface area contributed by atoms with Gasteiger partial charge in [0.2, 0.25) is 17.7 Å². The monoisotopic (exact) mass is 1010 g/mol. The molecular weight excluding hydrogens is 942 g/mol. The Morgan fingerprint density at radius 3 is 2.29 bits per heavy atom. The lowest BCUT2D eigenvalue weighted by molar-refractivity contribution is -0.144. The van der Waals surface area contributed by atoms with E-state index in [4.69, 9.17) is 4.74 Å². The Morgan fingerprint density at radius 2 is 1.64 bits per heavy atom. The maximum absolute atomic E-state index is 16.2. The van der Waals surface area contributed by atoms with Crippen LogP contribution in [-0.4, -0.2) is 141 Å². The van der Waals surface area contributed by atoms with E-state index in [0.29, 0.717) is 25.1 Å². The van der Waals surface area contributed by atoms with Crippen LogP contribution >= 0.6 is 11.3 Å². The second-order valence-electron chi connectivity index (χ2n) is 21.6. The number of aliphatic hydroxyl groups excluding tert-OH is 1. The fraction of sp³-hybridized carbons (Fsp3) is 0.527. The molecule has 2 aromatic heterocycles. The molecule has 2 fully saturated rings. The number of aryl methyl sites for hydroxylation is 1. The SMILES string of the molecule is Cc1ncsc1-c1ccc(CNC(=O)[C@@H]2C[C@@H](O)CN2C(=O)C(NC(=O)CCCCN2CCN(CCOc3cc(F)c([C@@H]4c5[nH]c6ccccc6c5C[C@@H](C)N4CC(C)(C)F)c(F)c3)CC2)C(C)(C)C)cc1. The Bertz CT molecular complexity index is 2670. The number of hydrogen-bond acceptors (Lipinski definition) is 10. The lowest BCUT2D eigenvalue weighted by atomic mass is 9.85. The molecule has 17 heteroatoms. The van der Waals surface area contributed by atoms with Gasteiger partial charge in [-0.05, 0) is 81.7 Å². The van der Waals surface area contributed by atoms with Crippen LogP contribution in [0.5, 0.6) is 5.75 Å². The molecule has 0 saturated carbocycles. The van der Waals surface area contributed by atoms with Crippen molar-refractivity contribution < 1.29 is 37.4 Å². The summed E-state index contributed by atoms with van der Waals surface area (Å²) in [6, 6.07) is 15.4. The third-order valence-electron chi connectivity index (χ3n) is 14.4. The minimum atomic E-state index is -1.59. The average Bonchev–Trinajstić information content (AvgIpc) is 4.05. The molecule has 388 valence electrons. The van der Waals surface area contributed by atoms with E-state index in [1.165, 1.54) is 30.9 Å². The molecule has 0 bridgehead atoms. The van der Waals surface area contributed by atoms with Crippen molar-refractivity contribution in [3.05, 3.63) is 106 Å². The van der Waals surface area contributed by atoms with E-state index in [0.717, 1.165) is 77.3 Å². The van der Waals surface area contributed by atoms with E-state index in [9.17, 15) is 19.5 Å². The van der Waals surface area contributed by atoms with Crippen molar-refractivity contribution in [1.82, 2.24) is 40.2 Å². The molecule has 5 atom stereocenters. The molecule has 2 saturated heterocycles. The van der Waals surface area contributed by atoms with Gasteiger partial charge in [0.15, 0.2) is 0 Å². The molecule has 0 spiro atoms. The lowest BCUT2D eigenvalue weighted by Crippen LogP contribution is -2.57. The second-order valence-corrected chi connectivity index (χ2v) is 22.5. The smallest absolute Gasteiger partial charge is 0.246 e. The van der Waals surface area contributed by atoms with Crippen molar-refractivity contribution >= 4 is 40.0 Å². The molecular formula is C55H71F3N8O5S. The van der Waals surface area contributed by atoms with Gasteiger partial charge >= 0.3 is 0 Å². The molecule has 3 aliphatic heterocycles. The molecule has 4 N–H and O–H groups in total. The van der Waals surface area contributed by atoms with Crippen molar-refractivity contribution in [2.45, 2.75) is 123 Å². The van der Waals surface area contributed by atoms with Crippen LogP contribution in [0.1, 0.15) is 101 Å². The summed E-state index contributed by atoms with van der Waals surface area (Å²) < 4.78 is 53.5. The number of nitrogens with one attached hydrogen (secondary N) is 3. The number of para-hydroxylation sites is 1. The number of alkyl halides is 1. The van der Waals surface area contributed by atoms with Gasteiger partial charge in [0.1, 0.15) is 41.7 Å². The summed E-state index contributed by atoms with van der Waals surface area (Å²) in [6.45, 7) is 17.7. The minimum Gasteiger partial charge on any atom is -0.492 e. The lowest BCUT2D eigenvalue weighted by Gasteiger charge is -2.43. The van der Waals surface area contributed by atoms with E-state index in [2.05, 4.69) is 30.4 Å². The zero-order chi connectivity index (χ0) is 51.5. The van der Waals surface area contributed by atoms with Crippen LogP contribution in [0.25, 0.3) is 21.3 Å². The highest BCUT2D eigenvalue weighted by molar-refractivity contribution is 7.13. The number of aromatic amines is 1. The fourth-order valence-corrected chi connectivity index (χ4v) is 11.4. The third kappa shape index (κ3) is 12.5. The standard InChI is InChI=1S/C55H71F3N8O5S/c1-34-26-41-40-12-8-9-13-44(40)61-48(41)49(66(34)32-55(6,7)58)47-42(56)28-39(29-43(47)57)71-25-24-64-22-20-63(21-23-64)19-11-10-14-46(68)62-51(54(3,4)5)53(70)65-31-38(67)27-45(65)52(69)59-30-36-15-17-37(18-16-36)50-35(2)60-33-72-50/h8-9,12-13,15-18,28-29,33-34,38,45,49,51,61,67H,10-11,14,19-27,30-32H2,1-7H3,(H,59,69)(H,62,68)/t34-,38-,45+,49-,51?/m1/s1. The van der Waals surface area contributed by atoms with Crippen LogP contribution in [0, 0.1) is 24.0 Å². The predicted octanol–water partition coefficient (Wildman–Crippen LogP) is 7.94. The summed E-state index contributed by atoms with van der Waals surface area (Å²) in [5, 5.41) is 17.6. The first-order chi connectivity index (χ1) is 34.2. The summed E-state index contributed by atoms with van der Waals surface area (Å²) in [6.07, 6.45) is 1.54. The minimum absolute atomic E-state index is 0.00181. The number of unbranched alkanes of at least 4 members (excludes halogenated alkanes) is 1. The molecule has 0 radical (unpaired) electrons. The number of carbonyl (C=O) groups is 3. The van der Waals surface area contributed by atoms with E-state index >= 15 is 13.2 Å². The summed E-state index contributed by atoms with van der Waals surface area (Å²) >= 11 is 1.57. The van der Waals surface area contributed by atoms with Gasteiger partial charge in [-0.1, -0.05) is 63.2 Å². The number of fused-ring (bicyclic) bond motifs is 3. The summed E-state index contributed by atoms with van der Waals surface area (Å²) in [4.78, 5) is 57.7. The quantitative estimate of drug-likeness (QED) is 0.0643. The normalized spacial score (nSPS) is 20.7. The van der Waals surface area contributed by atoms with Crippen molar-refractivity contribution in [2.24, 2.45) is 5.41 Å². The highest BCUT2D eigenvalue weighted by Crippen LogP contribution is 2.44. The van der Waals surface area contributed by atoms with E-state index < -0.39 is 52.9 Å². The number of β-amino-alcohol motifs (C(OH)–C–C–N with tert-alkyl or cyclic N) is 1. The first-order valence-corrected chi connectivity index (χ1v) is 26.3. The average molecular weight is 1010 g/mol. The number of rotatable bonds is 18. The predicted molar refractivity (Wildman–Crippen MR) is 275 cm³/mol. The Hall–Kier alpha value is -5.33. The number of aliphatic hydroxyl groups is 1. The number of benzene rings is 3. The van der Waals surface area contributed by atoms with Crippen LogP contribution in [0.2, 0.25) is 0 Å². The highest BCUT2D eigenvalue weighted by Gasteiger charge is 2.45. The van der Waals surface area contributed by atoms with Crippen LogP contribution in [-0.2, 0) is 27.3 Å². The number of hydrogen-bond donors (Lipinski definition) is 4. The first-order valence-electron chi connectivity index (χ1n) is 25.4. The van der Waals surface area contributed by atoms with Crippen LogP contribution in [0.4, 0.5) is 13.2 Å². The maximum atomic E-state index is 16.2. The number of ether oxygens (including phenoxy) is 1. The number of piperazine rings is 1. The molecule has 8 rings (SSSR count). The molecule has 3 aliphatic rings. The van der Waals surface area contributed by atoms with E-state index in [1.807, 2.05) is 93.6 Å². The van der Waals surface area contributed by atoms with Gasteiger partial charge in [-0.2, -0.15) is 0 Å². The number of nitrogens with zero attached hydrogens (tertiary/aromatic N) is 5. The van der Waals surface area contributed by atoms with Gasteiger partial charge in [-0.15, -0.1) is 11.3 Å². The van der Waals surface area contributed by atoms with Crippen molar-refractivity contribution in [2.75, 3.05) is 59.0 Å². The highest BCUT2D eigenvalue weighted by atomic mass is 32.1. The van der Waals surface area contributed by atoms with Crippen molar-refractivity contribution in [3.8, 4) is 16.2 Å². The topological polar surface area (TPSA) is 146 Å². The van der Waals surface area contributed by atoms with Gasteiger partial charge < -0.3 is 35.3 Å². The fourth-order valence-electron chi connectivity index (χ4n) is 10.6. The van der Waals surface area contributed by atoms with Gasteiger partial charge in [0.05, 0.1) is 28.2 Å². The Balaban J connectivity index is 0.767. The van der Waals surface area contributed by atoms with Gasteiger partial charge in [0, 0.05) is 106 Å². The largest absolute Gasteiger partial charge is 0.492 e. The Morgan fingerprint density at radius 1 is 0.958 bits per heavy atom. The van der Waals surface area contributed by atoms with Gasteiger partial charge in [-0.25, -0.2) is 18.2 Å². The number of aromatic nitrogens is 2. The number of likely N-dealkylation sites (tertiary alicyclic amines) is 1. The third-order valence-corrected chi connectivity index (χ3v) is 15.4. The molecule has 13 nitrogen and oxygen atoms in total. The summed E-state index contributed by atoms with van der Waals surface area (Å²) in [7, 11) is 0. The molecule has 5 heterocycles. The van der Waals surface area contributed by atoms with Gasteiger partial charge in [-0.3, -0.25) is 24.2 Å². The van der Waals surface area contributed by atoms with Crippen LogP contribution in [0.15, 0.2) is 66.2 Å². The molecule has 1 unspecified atom stereocenters. The zero-order valence-corrected chi connectivity index (χ0v) is 43.5. The maximum Gasteiger partial charge on any atom is 0.246 e. The Labute approximate surface area is 425 Å². The van der Waals surface area contributed by atoms with E-state index in [1.54, 1.807) is 11.3 Å². The second kappa shape index (κ2) is 22.4. The Kier molecular flexibility index (Phi) is 16.5. The summed E-state index contributed by atoms with van der Waals surface area (Å²) in [5.41, 5.74) is 4.91. The van der Waals surface area contributed by atoms with Crippen LogP contribution < -0.4 is 15.4 Å². The number of H-pyrrole nitrogens is 1. The molecule has 0 aliphatic carbocycles. The summed E-state index contributed by atoms with van der Waals surface area (Å²) in [5.74, 6) is -2.35. The number of halogens is 3. The molecule has 3 amide bonds. The number of carbonyl (C=O) groups excluding carboxylic acids is 3. The van der Waals surface area contributed by atoms with Crippen molar-refractivity contribution in [1.29, 1.82) is 0 Å². The molecule has 3 aromatic carbocycles. The van der Waals surface area contributed by atoms with Crippen molar-refractivity contribution in [3.63, 3.8) is 0 Å². The van der Waals surface area contributed by atoms with E-state index in [-0.39, 0.29) is 68.3 Å². The number of thiazole rings is 1. The van der Waals surface area contributed by atoms with Crippen LogP contribution in [0.3, 0.4) is 0 Å². The first kappa shape index (κ1) is 53.0. The molecule has 72 heavy (non-hydrogen) atoms. The molecule has 5 aromatic rings. The number of amides is 3. The zero-order valence-electron chi connectivity index (χ0n) is 42.7.